The highest BCUT2D eigenvalue weighted by Crippen LogP contribution is 2.45. The molecular formula is C46H51F2N9O5. The number of alkyl halides is 2. The molecule has 0 saturated carbocycles. The zero-order chi connectivity index (χ0) is 43.6. The highest BCUT2D eigenvalue weighted by atomic mass is 19.3. The summed E-state index contributed by atoms with van der Waals surface area (Å²) in [5.41, 5.74) is 8.86. The number of fused-ring (bicyclic) bond motifs is 3. The van der Waals surface area contributed by atoms with Gasteiger partial charge in [0.15, 0.2) is 5.82 Å². The summed E-state index contributed by atoms with van der Waals surface area (Å²) in [4.78, 5) is 62.5. The molecule has 1 atom stereocenters. The Morgan fingerprint density at radius 3 is 2.50 bits per heavy atom. The summed E-state index contributed by atoms with van der Waals surface area (Å²) in [5, 5.41) is 7.71. The Bertz CT molecular complexity index is 2550. The van der Waals surface area contributed by atoms with Crippen molar-refractivity contribution in [3.8, 4) is 16.9 Å². The molecular weight excluding hydrogens is 797 g/mol. The number of carbonyl (C=O) groups is 4. The number of halogens is 2. The molecule has 2 aromatic heterocycles. The van der Waals surface area contributed by atoms with Crippen molar-refractivity contribution < 1.29 is 32.7 Å². The number of ether oxygens (including phenoxy) is 1. The van der Waals surface area contributed by atoms with E-state index >= 15 is 8.78 Å². The van der Waals surface area contributed by atoms with Crippen molar-refractivity contribution in [1.82, 2.24) is 29.5 Å². The van der Waals surface area contributed by atoms with Crippen LogP contribution in [0.3, 0.4) is 0 Å². The third-order valence-electron chi connectivity index (χ3n) is 13.5. The van der Waals surface area contributed by atoms with Crippen LogP contribution < -0.4 is 19.9 Å². The summed E-state index contributed by atoms with van der Waals surface area (Å²) in [7, 11) is 3.43. The minimum absolute atomic E-state index is 0.0191. The maximum absolute atomic E-state index is 15.1. The molecule has 0 spiro atoms. The normalized spacial score (nSPS) is 19.3. The Morgan fingerprint density at radius 1 is 1.00 bits per heavy atom. The number of anilines is 3. The van der Waals surface area contributed by atoms with E-state index < -0.39 is 18.4 Å². The van der Waals surface area contributed by atoms with Crippen molar-refractivity contribution in [3.05, 3.63) is 81.4 Å². The van der Waals surface area contributed by atoms with Crippen LogP contribution in [-0.4, -0.2) is 93.8 Å². The van der Waals surface area contributed by atoms with Crippen LogP contribution in [0.1, 0.15) is 101 Å². The van der Waals surface area contributed by atoms with Gasteiger partial charge >= 0.3 is 0 Å². The quantitative estimate of drug-likeness (QED) is 0.151. The number of nitrogens with zero attached hydrogens (tertiary/aromatic N) is 8. The maximum atomic E-state index is 15.1. The number of nitrogens with one attached hydrogen (secondary N) is 1. The topological polar surface area (TPSA) is 138 Å². The van der Waals surface area contributed by atoms with Gasteiger partial charge in [0, 0.05) is 117 Å². The Balaban J connectivity index is 1.01. The lowest BCUT2D eigenvalue weighted by molar-refractivity contribution is -0.137. The number of rotatable bonds is 9. The summed E-state index contributed by atoms with van der Waals surface area (Å²) in [6.07, 6.45) is 6.79. The molecule has 2 aromatic carbocycles. The van der Waals surface area contributed by atoms with Gasteiger partial charge < -0.3 is 28.9 Å². The van der Waals surface area contributed by atoms with Crippen LogP contribution in [0.4, 0.5) is 26.0 Å². The Labute approximate surface area is 358 Å². The number of piperidine rings is 2. The van der Waals surface area contributed by atoms with Gasteiger partial charge in [-0.1, -0.05) is 0 Å². The summed E-state index contributed by atoms with van der Waals surface area (Å²) in [5.74, 6) is 0.0804. The SMILES string of the molecule is C=N/C=C\c1c(C)c(-c2cc3c(cc2C(F)F)N(c2nn(C4CCN(c5cc6c(c(OC)c5)C(=O)N(C5CCC(=O)NC5=O)C6)CC4)c4c2CN(C(C)=O)CC4)CCC3)cn1C. The minimum atomic E-state index is -2.72. The van der Waals surface area contributed by atoms with Gasteiger partial charge in [0.05, 0.1) is 25.3 Å². The molecule has 2 saturated heterocycles. The van der Waals surface area contributed by atoms with Gasteiger partial charge in [0.25, 0.3) is 12.3 Å². The molecule has 4 aromatic rings. The smallest absolute Gasteiger partial charge is 0.264 e. The Hall–Kier alpha value is -6.32. The maximum Gasteiger partial charge on any atom is 0.264 e. The number of methoxy groups -OCH3 is 1. The predicted molar refractivity (Wildman–Crippen MR) is 231 cm³/mol. The summed E-state index contributed by atoms with van der Waals surface area (Å²) < 4.78 is 40.1. The monoisotopic (exact) mass is 847 g/mol. The first-order valence-corrected chi connectivity index (χ1v) is 21.3. The molecule has 0 radical (unpaired) electrons. The molecule has 5 aliphatic heterocycles. The number of aromatic nitrogens is 3. The van der Waals surface area contributed by atoms with Crippen LogP contribution in [0.2, 0.25) is 0 Å². The number of amides is 4. The molecule has 0 aliphatic carbocycles. The first kappa shape index (κ1) is 41.1. The van der Waals surface area contributed by atoms with Crippen LogP contribution in [0.15, 0.2) is 41.7 Å². The molecule has 62 heavy (non-hydrogen) atoms. The van der Waals surface area contributed by atoms with E-state index in [0.717, 1.165) is 82.1 Å². The second-order valence-corrected chi connectivity index (χ2v) is 17.0. The predicted octanol–water partition coefficient (Wildman–Crippen LogP) is 6.41. The fourth-order valence-electron chi connectivity index (χ4n) is 10.3. The van der Waals surface area contributed by atoms with Crippen LogP contribution in [0.25, 0.3) is 17.2 Å². The molecule has 4 amide bonds. The zero-order valence-corrected chi connectivity index (χ0v) is 35.5. The van der Waals surface area contributed by atoms with Gasteiger partial charge in [-0.2, -0.15) is 5.10 Å². The number of benzene rings is 2. The first-order valence-electron chi connectivity index (χ1n) is 21.3. The van der Waals surface area contributed by atoms with Gasteiger partial charge in [0.2, 0.25) is 17.7 Å². The highest BCUT2D eigenvalue weighted by Gasteiger charge is 2.42. The van der Waals surface area contributed by atoms with Crippen LogP contribution in [0.5, 0.6) is 5.75 Å². The number of aliphatic imine (C=N–C) groups is 1. The lowest BCUT2D eigenvalue weighted by Gasteiger charge is -2.35. The molecule has 5 aliphatic rings. The Morgan fingerprint density at radius 2 is 1.79 bits per heavy atom. The van der Waals surface area contributed by atoms with Crippen LogP contribution in [-0.2, 0) is 47.4 Å². The second-order valence-electron chi connectivity index (χ2n) is 17.0. The molecule has 1 unspecified atom stereocenters. The van der Waals surface area contributed by atoms with E-state index in [0.29, 0.717) is 56.0 Å². The first-order chi connectivity index (χ1) is 29.9. The van der Waals surface area contributed by atoms with E-state index in [1.807, 2.05) is 53.9 Å². The standard InChI is InChI=1S/C46H51F2N9O5/c1-26-34(24-52(4)36(26)10-14-49-3)32-20-28-7-6-15-55(39(28)22-33(32)43(47)48)44-35-25-54(27(2)58)18-13-37(35)57(51-44)30-11-16-53(17-12-30)31-19-29-23-56(38-8-9-41(59)50-45(38)60)46(61)42(29)40(21-31)62-5/h10,14,19-22,24,30,38,43H,3,6-9,11-13,15-18,23,25H2,1-2,4-5H3,(H,50,59,60)/b14-10-. The van der Waals surface area contributed by atoms with Crippen molar-refractivity contribution in [1.29, 1.82) is 0 Å². The van der Waals surface area contributed by atoms with E-state index in [1.54, 1.807) is 19.2 Å². The Kier molecular flexibility index (Phi) is 10.7. The van der Waals surface area contributed by atoms with Crippen molar-refractivity contribution in [2.75, 3.05) is 43.1 Å². The number of aryl methyl sites for hydroxylation is 2. The largest absolute Gasteiger partial charge is 0.496 e. The molecule has 14 nitrogen and oxygen atoms in total. The van der Waals surface area contributed by atoms with E-state index in [9.17, 15) is 19.2 Å². The zero-order valence-electron chi connectivity index (χ0n) is 35.5. The van der Waals surface area contributed by atoms with Gasteiger partial charge in [-0.25, -0.2) is 8.78 Å². The third kappa shape index (κ3) is 7.02. The lowest BCUT2D eigenvalue weighted by Crippen LogP contribution is -2.52. The van der Waals surface area contributed by atoms with Crippen molar-refractivity contribution in [3.63, 3.8) is 0 Å². The molecule has 324 valence electrons. The number of imide groups is 1. The molecule has 1 N–H and O–H groups in total. The molecule has 2 fully saturated rings. The van der Waals surface area contributed by atoms with E-state index in [2.05, 4.69) is 31.5 Å². The summed E-state index contributed by atoms with van der Waals surface area (Å²) in [6, 6.07) is 6.82. The van der Waals surface area contributed by atoms with Crippen LogP contribution >= 0.6 is 0 Å². The van der Waals surface area contributed by atoms with Crippen molar-refractivity contribution in [2.45, 2.75) is 90.4 Å². The van der Waals surface area contributed by atoms with E-state index in [1.165, 1.54) is 12.0 Å². The highest BCUT2D eigenvalue weighted by molar-refractivity contribution is 6.07. The molecule has 7 heterocycles. The van der Waals surface area contributed by atoms with Gasteiger partial charge in [-0.3, -0.25) is 34.2 Å². The molecule has 0 bridgehead atoms. The fraction of sp³-hybridized carbons (Fsp3) is 0.435. The summed E-state index contributed by atoms with van der Waals surface area (Å²) >= 11 is 0. The lowest BCUT2D eigenvalue weighted by atomic mass is 9.91. The van der Waals surface area contributed by atoms with E-state index in [4.69, 9.17) is 9.84 Å². The van der Waals surface area contributed by atoms with Crippen molar-refractivity contribution in [2.24, 2.45) is 12.0 Å². The number of hydrogen-bond donors (Lipinski definition) is 1. The number of carbonyl (C=O) groups excluding carboxylic acids is 4. The van der Waals surface area contributed by atoms with Gasteiger partial charge in [-0.15, -0.1) is 0 Å². The summed E-state index contributed by atoms with van der Waals surface area (Å²) in [6.45, 7) is 10.3. The molecule has 16 heteroatoms. The molecule has 9 rings (SSSR count). The third-order valence-corrected chi connectivity index (χ3v) is 13.5. The average Bonchev–Trinajstić information content (AvgIpc) is 3.91. The average molecular weight is 848 g/mol. The minimum Gasteiger partial charge on any atom is -0.496 e. The van der Waals surface area contributed by atoms with Crippen LogP contribution in [0, 0.1) is 6.92 Å². The van der Waals surface area contributed by atoms with E-state index in [-0.39, 0.29) is 48.7 Å². The fourth-order valence-corrected chi connectivity index (χ4v) is 10.3. The van der Waals surface area contributed by atoms with Gasteiger partial charge in [-0.05, 0) is 92.3 Å². The van der Waals surface area contributed by atoms with Crippen molar-refractivity contribution >= 4 is 53.6 Å². The van der Waals surface area contributed by atoms with Gasteiger partial charge in [0.1, 0.15) is 11.8 Å². The second kappa shape index (κ2) is 16.2. The number of hydrogen-bond acceptors (Lipinski definition) is 9.